The number of hydrogen-bond donors (Lipinski definition) is 1. The molecule has 1 amide bonds. The lowest BCUT2D eigenvalue weighted by Crippen LogP contribution is -2.35. The molecule has 4 heteroatoms. The summed E-state index contributed by atoms with van der Waals surface area (Å²) in [6.07, 6.45) is 5.47. The third kappa shape index (κ3) is 2.82. The molecule has 1 aromatic rings. The van der Waals surface area contributed by atoms with Gasteiger partial charge in [-0.1, -0.05) is 25.0 Å². The fraction of sp³-hybridized carbons (Fsp3) is 0.588. The quantitative estimate of drug-likeness (QED) is 0.906. The summed E-state index contributed by atoms with van der Waals surface area (Å²) in [5.74, 6) is 0.971. The SMILES string of the molecule is NCCCN(C(=O)C1C2CCCCC21)c1ccccc1F. The highest BCUT2D eigenvalue weighted by Crippen LogP contribution is 2.56. The minimum absolute atomic E-state index is 0.102. The predicted molar refractivity (Wildman–Crippen MR) is 81.4 cm³/mol. The molecule has 0 aliphatic heterocycles. The molecule has 0 aromatic heterocycles. The number of benzene rings is 1. The number of anilines is 1. The second-order valence-electron chi connectivity index (χ2n) is 6.22. The maximum absolute atomic E-state index is 14.1. The smallest absolute Gasteiger partial charge is 0.230 e. The van der Waals surface area contributed by atoms with Gasteiger partial charge in [-0.3, -0.25) is 4.79 Å². The number of para-hydroxylation sites is 1. The highest BCUT2D eigenvalue weighted by molar-refractivity contribution is 5.97. The van der Waals surface area contributed by atoms with Crippen molar-refractivity contribution in [3.8, 4) is 0 Å². The number of nitrogens with zero attached hydrogens (tertiary/aromatic N) is 1. The van der Waals surface area contributed by atoms with E-state index in [0.29, 0.717) is 37.0 Å². The Bertz CT molecular complexity index is 507. The van der Waals surface area contributed by atoms with Crippen LogP contribution in [-0.2, 0) is 4.79 Å². The van der Waals surface area contributed by atoms with E-state index in [-0.39, 0.29) is 17.6 Å². The number of halogens is 1. The molecule has 2 saturated carbocycles. The zero-order chi connectivity index (χ0) is 14.8. The van der Waals surface area contributed by atoms with Crippen molar-refractivity contribution in [3.63, 3.8) is 0 Å². The van der Waals surface area contributed by atoms with Crippen molar-refractivity contribution in [2.75, 3.05) is 18.0 Å². The number of fused-ring (bicyclic) bond motifs is 1. The van der Waals surface area contributed by atoms with Gasteiger partial charge in [-0.25, -0.2) is 4.39 Å². The van der Waals surface area contributed by atoms with Crippen molar-refractivity contribution in [3.05, 3.63) is 30.1 Å². The number of amides is 1. The van der Waals surface area contributed by atoms with E-state index in [1.54, 1.807) is 23.1 Å². The number of carbonyl (C=O) groups excluding carboxylic acids is 1. The molecule has 2 aliphatic rings. The molecule has 0 radical (unpaired) electrons. The average molecular weight is 290 g/mol. The molecule has 2 N–H and O–H groups in total. The first-order valence-electron chi connectivity index (χ1n) is 8.00. The lowest BCUT2D eigenvalue weighted by molar-refractivity contribution is -0.120. The molecule has 2 aliphatic carbocycles. The van der Waals surface area contributed by atoms with Crippen molar-refractivity contribution < 1.29 is 9.18 Å². The summed E-state index contributed by atoms with van der Waals surface area (Å²) >= 11 is 0. The van der Waals surface area contributed by atoms with E-state index in [1.165, 1.54) is 18.9 Å². The van der Waals surface area contributed by atoms with Gasteiger partial charge < -0.3 is 10.6 Å². The normalized spacial score (nSPS) is 27.0. The van der Waals surface area contributed by atoms with Crippen LogP contribution in [0, 0.1) is 23.6 Å². The minimum atomic E-state index is -0.327. The van der Waals surface area contributed by atoms with E-state index < -0.39 is 0 Å². The first-order chi connectivity index (χ1) is 10.2. The van der Waals surface area contributed by atoms with Crippen LogP contribution in [0.4, 0.5) is 10.1 Å². The number of carbonyl (C=O) groups is 1. The van der Waals surface area contributed by atoms with Gasteiger partial charge in [0.2, 0.25) is 5.91 Å². The van der Waals surface area contributed by atoms with Crippen LogP contribution in [0.5, 0.6) is 0 Å². The fourth-order valence-electron chi connectivity index (χ4n) is 3.81. The predicted octanol–water partition coefficient (Wildman–Crippen LogP) is 2.94. The van der Waals surface area contributed by atoms with Gasteiger partial charge in [-0.15, -0.1) is 0 Å². The summed E-state index contributed by atoms with van der Waals surface area (Å²) in [7, 11) is 0. The molecule has 0 saturated heterocycles. The van der Waals surface area contributed by atoms with Crippen LogP contribution >= 0.6 is 0 Å². The first-order valence-corrected chi connectivity index (χ1v) is 8.00. The van der Waals surface area contributed by atoms with E-state index in [1.807, 2.05) is 0 Å². The second kappa shape index (κ2) is 6.14. The Labute approximate surface area is 125 Å². The zero-order valence-corrected chi connectivity index (χ0v) is 12.3. The van der Waals surface area contributed by atoms with Gasteiger partial charge in [-0.2, -0.15) is 0 Å². The molecule has 2 fully saturated rings. The Hall–Kier alpha value is -1.42. The summed E-state index contributed by atoms with van der Waals surface area (Å²) in [5.41, 5.74) is 5.97. The van der Waals surface area contributed by atoms with Crippen LogP contribution < -0.4 is 10.6 Å². The molecule has 0 spiro atoms. The van der Waals surface area contributed by atoms with E-state index in [0.717, 1.165) is 12.8 Å². The Balaban J connectivity index is 1.79. The largest absolute Gasteiger partial charge is 0.330 e. The molecule has 114 valence electrons. The molecule has 3 rings (SSSR count). The molecular weight excluding hydrogens is 267 g/mol. The second-order valence-corrected chi connectivity index (χ2v) is 6.22. The van der Waals surface area contributed by atoms with Crippen LogP contribution in [0.25, 0.3) is 0 Å². The Kier molecular flexibility index (Phi) is 4.24. The monoisotopic (exact) mass is 290 g/mol. The maximum Gasteiger partial charge on any atom is 0.230 e. The summed E-state index contributed by atoms with van der Waals surface area (Å²) in [6.45, 7) is 1.02. The Morgan fingerprint density at radius 1 is 1.24 bits per heavy atom. The fourth-order valence-corrected chi connectivity index (χ4v) is 3.81. The topological polar surface area (TPSA) is 46.3 Å². The van der Waals surface area contributed by atoms with Crippen molar-refractivity contribution in [1.82, 2.24) is 0 Å². The molecule has 1 aromatic carbocycles. The summed E-state index contributed by atoms with van der Waals surface area (Å²) in [5, 5.41) is 0. The highest BCUT2D eigenvalue weighted by Gasteiger charge is 2.55. The van der Waals surface area contributed by atoms with Crippen molar-refractivity contribution in [1.29, 1.82) is 0 Å². The molecule has 2 unspecified atom stereocenters. The van der Waals surface area contributed by atoms with Crippen LogP contribution in [0.1, 0.15) is 32.1 Å². The van der Waals surface area contributed by atoms with Gasteiger partial charge in [0, 0.05) is 12.5 Å². The van der Waals surface area contributed by atoms with Gasteiger partial charge in [0.1, 0.15) is 5.82 Å². The lowest BCUT2D eigenvalue weighted by atomic mass is 10.0. The summed E-state index contributed by atoms with van der Waals surface area (Å²) in [4.78, 5) is 14.5. The standard InChI is InChI=1S/C17H23FN2O/c18-14-8-3-4-9-15(14)20(11-5-10-19)17(21)16-12-6-1-2-7-13(12)16/h3-4,8-9,12-13,16H,1-2,5-7,10-11,19H2. The van der Waals surface area contributed by atoms with Gasteiger partial charge in [-0.05, 0) is 49.8 Å². The summed E-state index contributed by atoms with van der Waals surface area (Å²) < 4.78 is 14.1. The molecule has 0 bridgehead atoms. The third-order valence-electron chi connectivity index (χ3n) is 4.94. The van der Waals surface area contributed by atoms with Gasteiger partial charge in [0.05, 0.1) is 5.69 Å². The molecule has 0 heterocycles. The minimum Gasteiger partial charge on any atom is -0.330 e. The van der Waals surface area contributed by atoms with E-state index in [9.17, 15) is 9.18 Å². The summed E-state index contributed by atoms with van der Waals surface area (Å²) in [6, 6.07) is 6.54. The first kappa shape index (κ1) is 14.5. The maximum atomic E-state index is 14.1. The van der Waals surface area contributed by atoms with E-state index in [4.69, 9.17) is 5.73 Å². The van der Waals surface area contributed by atoms with Crippen LogP contribution in [0.2, 0.25) is 0 Å². The molecule has 2 atom stereocenters. The van der Waals surface area contributed by atoms with Crippen molar-refractivity contribution >= 4 is 11.6 Å². The van der Waals surface area contributed by atoms with Crippen molar-refractivity contribution in [2.24, 2.45) is 23.5 Å². The van der Waals surface area contributed by atoms with Gasteiger partial charge in [0.15, 0.2) is 0 Å². The van der Waals surface area contributed by atoms with Gasteiger partial charge >= 0.3 is 0 Å². The Morgan fingerprint density at radius 3 is 2.52 bits per heavy atom. The number of hydrogen-bond acceptors (Lipinski definition) is 2. The van der Waals surface area contributed by atoms with Crippen LogP contribution in [0.3, 0.4) is 0 Å². The molecular formula is C17H23FN2O. The van der Waals surface area contributed by atoms with Crippen LogP contribution in [0.15, 0.2) is 24.3 Å². The number of rotatable bonds is 5. The van der Waals surface area contributed by atoms with Gasteiger partial charge in [0.25, 0.3) is 0 Å². The average Bonchev–Trinajstić information content (AvgIpc) is 3.23. The van der Waals surface area contributed by atoms with Crippen molar-refractivity contribution in [2.45, 2.75) is 32.1 Å². The van der Waals surface area contributed by atoms with Crippen LogP contribution in [-0.4, -0.2) is 19.0 Å². The highest BCUT2D eigenvalue weighted by atomic mass is 19.1. The van der Waals surface area contributed by atoms with E-state index in [2.05, 4.69) is 0 Å². The van der Waals surface area contributed by atoms with E-state index >= 15 is 0 Å². The number of nitrogens with two attached hydrogens (primary N) is 1. The zero-order valence-electron chi connectivity index (χ0n) is 12.3. The third-order valence-corrected chi connectivity index (χ3v) is 4.94. The molecule has 3 nitrogen and oxygen atoms in total. The Morgan fingerprint density at radius 2 is 1.90 bits per heavy atom. The molecule has 21 heavy (non-hydrogen) atoms. The lowest BCUT2D eigenvalue weighted by Gasteiger charge is -2.23.